The highest BCUT2D eigenvalue weighted by Crippen LogP contribution is 2.38. The van der Waals surface area contributed by atoms with Crippen molar-refractivity contribution in [2.45, 2.75) is 18.8 Å². The molecule has 1 aromatic heterocycles. The van der Waals surface area contributed by atoms with Crippen LogP contribution in [0.3, 0.4) is 0 Å². The fourth-order valence-electron chi connectivity index (χ4n) is 1.75. The van der Waals surface area contributed by atoms with Crippen molar-refractivity contribution in [3.8, 4) is 5.75 Å². The number of H-pyrrole nitrogens is 1. The van der Waals surface area contributed by atoms with Crippen LogP contribution in [0.2, 0.25) is 0 Å². The van der Waals surface area contributed by atoms with Crippen LogP contribution in [0.25, 0.3) is 0 Å². The van der Waals surface area contributed by atoms with Crippen LogP contribution in [0.15, 0.2) is 29.4 Å². The summed E-state index contributed by atoms with van der Waals surface area (Å²) < 4.78 is 2.14. The van der Waals surface area contributed by atoms with Crippen LogP contribution in [0, 0.1) is 4.77 Å². The second-order valence-electron chi connectivity index (χ2n) is 4.31. The molecule has 2 N–H and O–H groups in total. The second kappa shape index (κ2) is 4.38. The lowest BCUT2D eigenvalue weighted by Crippen LogP contribution is -1.97. The van der Waals surface area contributed by atoms with Crippen molar-refractivity contribution in [3.05, 3.63) is 40.4 Å². The van der Waals surface area contributed by atoms with Crippen molar-refractivity contribution in [1.82, 2.24) is 14.9 Å². The van der Waals surface area contributed by atoms with Gasteiger partial charge in [-0.3, -0.25) is 5.10 Å². The molecule has 0 unspecified atom stereocenters. The van der Waals surface area contributed by atoms with Gasteiger partial charge in [-0.1, -0.05) is 12.1 Å². The first kappa shape index (κ1) is 11.2. The van der Waals surface area contributed by atoms with Crippen LogP contribution in [-0.2, 0) is 0 Å². The molecule has 1 saturated carbocycles. The average molecular weight is 260 g/mol. The van der Waals surface area contributed by atoms with Gasteiger partial charge in [-0.15, -0.1) is 0 Å². The molecule has 92 valence electrons. The van der Waals surface area contributed by atoms with E-state index < -0.39 is 0 Å². The summed E-state index contributed by atoms with van der Waals surface area (Å²) in [5.41, 5.74) is 0.819. The zero-order chi connectivity index (χ0) is 12.5. The Bertz CT molecular complexity index is 654. The Kier molecular flexibility index (Phi) is 2.71. The largest absolute Gasteiger partial charge is 0.508 e. The number of phenolic OH excluding ortho intramolecular Hbond substituents is 1. The summed E-state index contributed by atoms with van der Waals surface area (Å²) in [5, 5.41) is 20.6. The van der Waals surface area contributed by atoms with Gasteiger partial charge in [-0.05, 0) is 42.8 Å². The number of aromatic amines is 1. The third kappa shape index (κ3) is 2.19. The maximum Gasteiger partial charge on any atom is 0.216 e. The van der Waals surface area contributed by atoms with Crippen LogP contribution < -0.4 is 0 Å². The Labute approximate surface area is 109 Å². The Morgan fingerprint density at radius 1 is 1.50 bits per heavy atom. The van der Waals surface area contributed by atoms with Gasteiger partial charge in [0.25, 0.3) is 0 Å². The molecule has 1 aromatic carbocycles. The molecule has 1 aliphatic rings. The van der Waals surface area contributed by atoms with E-state index >= 15 is 0 Å². The van der Waals surface area contributed by atoms with Crippen molar-refractivity contribution < 1.29 is 5.11 Å². The van der Waals surface area contributed by atoms with Crippen molar-refractivity contribution in [3.63, 3.8) is 0 Å². The molecule has 0 saturated heterocycles. The van der Waals surface area contributed by atoms with Crippen molar-refractivity contribution >= 4 is 18.4 Å². The third-order valence-corrected chi connectivity index (χ3v) is 3.07. The summed E-state index contributed by atoms with van der Waals surface area (Å²) in [4.78, 5) is 0. The highest BCUT2D eigenvalue weighted by atomic mass is 32.1. The lowest BCUT2D eigenvalue weighted by molar-refractivity contribution is 0.475. The SMILES string of the molecule is Oc1cccc(/C=N\n2c(C3CC3)n[nH]c2=S)c1. The minimum absolute atomic E-state index is 0.220. The van der Waals surface area contributed by atoms with Crippen LogP contribution in [-0.4, -0.2) is 26.2 Å². The Morgan fingerprint density at radius 2 is 2.33 bits per heavy atom. The summed E-state index contributed by atoms with van der Waals surface area (Å²) in [6.45, 7) is 0. The van der Waals surface area contributed by atoms with E-state index in [1.165, 1.54) is 0 Å². The maximum atomic E-state index is 9.37. The topological polar surface area (TPSA) is 66.2 Å². The van der Waals surface area contributed by atoms with E-state index in [-0.39, 0.29) is 5.75 Å². The van der Waals surface area contributed by atoms with Crippen molar-refractivity contribution in [2.24, 2.45) is 5.10 Å². The number of benzene rings is 1. The van der Waals surface area contributed by atoms with Gasteiger partial charge in [0.15, 0.2) is 5.82 Å². The molecule has 2 aromatic rings. The molecule has 5 nitrogen and oxygen atoms in total. The molecule has 1 heterocycles. The van der Waals surface area contributed by atoms with E-state index in [4.69, 9.17) is 12.2 Å². The maximum absolute atomic E-state index is 9.37. The van der Waals surface area contributed by atoms with E-state index in [1.54, 1.807) is 29.1 Å². The number of hydrogen-bond acceptors (Lipinski definition) is 4. The van der Waals surface area contributed by atoms with Crippen LogP contribution in [0.4, 0.5) is 0 Å². The molecule has 0 amide bonds. The van der Waals surface area contributed by atoms with Gasteiger partial charge >= 0.3 is 0 Å². The molecule has 0 radical (unpaired) electrons. The first-order chi connectivity index (χ1) is 8.74. The number of nitrogens with zero attached hydrogens (tertiary/aromatic N) is 3. The fourth-order valence-corrected chi connectivity index (χ4v) is 1.94. The minimum atomic E-state index is 0.220. The quantitative estimate of drug-likeness (QED) is 0.658. The van der Waals surface area contributed by atoms with Gasteiger partial charge in [0.1, 0.15) is 5.75 Å². The monoisotopic (exact) mass is 260 g/mol. The van der Waals surface area contributed by atoms with E-state index in [0.717, 1.165) is 24.2 Å². The standard InChI is InChI=1S/C12H12N4OS/c17-10-3-1-2-8(6-10)7-13-16-11(9-4-5-9)14-15-12(16)18/h1-3,6-7,9,17H,4-5H2,(H,15,18)/b13-7-. The van der Waals surface area contributed by atoms with Crippen LogP contribution >= 0.6 is 12.2 Å². The van der Waals surface area contributed by atoms with Gasteiger partial charge in [0.05, 0.1) is 6.21 Å². The lowest BCUT2D eigenvalue weighted by Gasteiger charge is -1.98. The van der Waals surface area contributed by atoms with Crippen LogP contribution in [0.5, 0.6) is 5.75 Å². The van der Waals surface area contributed by atoms with Gasteiger partial charge < -0.3 is 5.11 Å². The Morgan fingerprint density at radius 3 is 3.06 bits per heavy atom. The van der Waals surface area contributed by atoms with Gasteiger partial charge in [0, 0.05) is 5.92 Å². The van der Waals surface area contributed by atoms with Gasteiger partial charge in [-0.25, -0.2) is 0 Å². The smallest absolute Gasteiger partial charge is 0.216 e. The van der Waals surface area contributed by atoms with Crippen LogP contribution in [0.1, 0.15) is 30.1 Å². The summed E-state index contributed by atoms with van der Waals surface area (Å²) in [5.74, 6) is 1.58. The summed E-state index contributed by atoms with van der Waals surface area (Å²) in [6.07, 6.45) is 3.94. The molecule has 0 aliphatic heterocycles. The second-order valence-corrected chi connectivity index (χ2v) is 4.70. The van der Waals surface area contributed by atoms with E-state index in [2.05, 4.69) is 15.3 Å². The summed E-state index contributed by atoms with van der Waals surface area (Å²) in [6, 6.07) is 6.90. The summed E-state index contributed by atoms with van der Waals surface area (Å²) in [7, 11) is 0. The zero-order valence-corrected chi connectivity index (χ0v) is 10.4. The first-order valence-electron chi connectivity index (χ1n) is 5.75. The molecule has 1 aliphatic carbocycles. The number of aromatic hydroxyl groups is 1. The average Bonchev–Trinajstić information content (AvgIpc) is 3.12. The molecule has 0 bridgehead atoms. The highest BCUT2D eigenvalue weighted by molar-refractivity contribution is 7.71. The molecule has 18 heavy (non-hydrogen) atoms. The first-order valence-corrected chi connectivity index (χ1v) is 6.15. The van der Waals surface area contributed by atoms with E-state index in [0.29, 0.717) is 10.7 Å². The predicted octanol–water partition coefficient (Wildman–Crippen LogP) is 2.41. The molecule has 1 fully saturated rings. The van der Waals surface area contributed by atoms with E-state index in [9.17, 15) is 5.11 Å². The zero-order valence-electron chi connectivity index (χ0n) is 9.58. The number of rotatable bonds is 3. The molecular weight excluding hydrogens is 248 g/mol. The number of aromatic nitrogens is 3. The molecule has 0 spiro atoms. The summed E-state index contributed by atoms with van der Waals surface area (Å²) >= 11 is 5.14. The number of hydrogen-bond donors (Lipinski definition) is 2. The number of phenols is 1. The Hall–Kier alpha value is -1.95. The third-order valence-electron chi connectivity index (χ3n) is 2.81. The molecular formula is C12H12N4OS. The molecule has 0 atom stereocenters. The van der Waals surface area contributed by atoms with E-state index in [1.807, 2.05) is 6.07 Å². The fraction of sp³-hybridized carbons (Fsp3) is 0.250. The van der Waals surface area contributed by atoms with Gasteiger partial charge in [-0.2, -0.15) is 14.9 Å². The molecule has 3 rings (SSSR count). The van der Waals surface area contributed by atoms with Gasteiger partial charge in [0.2, 0.25) is 4.77 Å². The highest BCUT2D eigenvalue weighted by Gasteiger charge is 2.29. The Balaban J connectivity index is 1.92. The number of nitrogens with one attached hydrogen (secondary N) is 1. The normalized spacial score (nSPS) is 15.3. The van der Waals surface area contributed by atoms with Crippen molar-refractivity contribution in [2.75, 3.05) is 0 Å². The van der Waals surface area contributed by atoms with Crippen molar-refractivity contribution in [1.29, 1.82) is 0 Å². The molecule has 6 heteroatoms. The minimum Gasteiger partial charge on any atom is -0.508 e. The predicted molar refractivity (Wildman–Crippen MR) is 70.5 cm³/mol. The lowest BCUT2D eigenvalue weighted by atomic mass is 10.2.